The van der Waals surface area contributed by atoms with E-state index in [0.29, 0.717) is 24.2 Å². The van der Waals surface area contributed by atoms with Gasteiger partial charge in [-0.1, -0.05) is 53.7 Å². The predicted octanol–water partition coefficient (Wildman–Crippen LogP) is 4.47. The Morgan fingerprint density at radius 1 is 1.00 bits per heavy atom. The zero-order chi connectivity index (χ0) is 24.6. The van der Waals surface area contributed by atoms with Crippen molar-refractivity contribution in [2.45, 2.75) is 36.5 Å². The molecule has 6 nitrogen and oxygen atoms in total. The third kappa shape index (κ3) is 6.99. The van der Waals surface area contributed by atoms with Gasteiger partial charge < -0.3 is 14.7 Å². The summed E-state index contributed by atoms with van der Waals surface area (Å²) in [6.07, 6.45) is 2.54. The van der Waals surface area contributed by atoms with Gasteiger partial charge in [0.25, 0.3) is 0 Å². The van der Waals surface area contributed by atoms with Crippen molar-refractivity contribution < 1.29 is 9.32 Å². The monoisotopic (exact) mass is 504 g/mol. The van der Waals surface area contributed by atoms with Crippen molar-refractivity contribution in [2.24, 2.45) is 11.8 Å². The van der Waals surface area contributed by atoms with E-state index in [2.05, 4.69) is 80.9 Å². The normalized spacial score (nSPS) is 20.9. The number of hydrogen-bond donors (Lipinski definition) is 1. The molecule has 2 saturated heterocycles. The van der Waals surface area contributed by atoms with Crippen molar-refractivity contribution in [3.63, 3.8) is 0 Å². The third-order valence-corrected chi connectivity index (χ3v) is 8.41. The predicted molar refractivity (Wildman–Crippen MR) is 144 cm³/mol. The molecular weight excluding hydrogens is 468 g/mol. The van der Waals surface area contributed by atoms with Gasteiger partial charge in [0.2, 0.25) is 5.91 Å². The molecule has 0 aliphatic carbocycles. The van der Waals surface area contributed by atoms with Gasteiger partial charge in [-0.05, 0) is 55.5 Å². The van der Waals surface area contributed by atoms with Crippen LogP contribution >= 0.6 is 11.8 Å². The first-order valence-corrected chi connectivity index (χ1v) is 14.1. The summed E-state index contributed by atoms with van der Waals surface area (Å²) in [4.78, 5) is 19.0. The first kappa shape index (κ1) is 25.1. The fourth-order valence-corrected chi connectivity index (χ4v) is 6.09. The number of piperazine rings is 1. The van der Waals surface area contributed by atoms with E-state index in [1.165, 1.54) is 10.5 Å². The van der Waals surface area contributed by atoms with Crippen LogP contribution in [0.3, 0.4) is 0 Å². The lowest BCUT2D eigenvalue weighted by Gasteiger charge is -2.37. The van der Waals surface area contributed by atoms with Crippen molar-refractivity contribution in [3.05, 3.63) is 83.7 Å². The van der Waals surface area contributed by atoms with Gasteiger partial charge in [0.15, 0.2) is 0 Å². The summed E-state index contributed by atoms with van der Waals surface area (Å²) in [5, 5.41) is 7.88. The average molecular weight is 505 g/mol. The molecule has 1 amide bonds. The Balaban J connectivity index is 1.09. The molecule has 1 aromatic heterocycles. The Kier molecular flexibility index (Phi) is 8.75. The summed E-state index contributed by atoms with van der Waals surface area (Å²) in [5.74, 6) is 2.79. The number of carbonyl (C=O) groups excluding carboxylic acids is 1. The van der Waals surface area contributed by atoms with Crippen molar-refractivity contribution >= 4 is 17.7 Å². The van der Waals surface area contributed by atoms with Gasteiger partial charge in [-0.3, -0.25) is 9.69 Å². The Morgan fingerprint density at radius 3 is 2.53 bits per heavy atom. The average Bonchev–Trinajstić information content (AvgIpc) is 3.37. The molecule has 0 spiro atoms. The van der Waals surface area contributed by atoms with Crippen LogP contribution in [-0.2, 0) is 23.5 Å². The lowest BCUT2D eigenvalue weighted by Crippen LogP contribution is -2.49. The number of thioether (sulfide) groups is 1. The molecule has 190 valence electrons. The summed E-state index contributed by atoms with van der Waals surface area (Å²) in [6.45, 7) is 6.42. The van der Waals surface area contributed by atoms with Gasteiger partial charge in [-0.2, -0.15) is 0 Å². The minimum absolute atomic E-state index is 0.311. The number of carbonyl (C=O) groups is 1. The largest absolute Gasteiger partial charge is 0.360 e. The molecule has 2 unspecified atom stereocenters. The second-order valence-corrected chi connectivity index (χ2v) is 11.0. The molecule has 1 N–H and O–H groups in total. The lowest BCUT2D eigenvalue weighted by atomic mass is 9.81. The van der Waals surface area contributed by atoms with Crippen LogP contribution < -0.4 is 5.32 Å². The molecule has 3 aromatic rings. The highest BCUT2D eigenvalue weighted by Gasteiger charge is 2.30. The summed E-state index contributed by atoms with van der Waals surface area (Å²) in [5.41, 5.74) is 2.34. The molecule has 3 heterocycles. The van der Waals surface area contributed by atoms with Gasteiger partial charge in [-0.25, -0.2) is 0 Å². The minimum atomic E-state index is 0.311. The molecule has 2 atom stereocenters. The van der Waals surface area contributed by atoms with E-state index in [-0.39, 0.29) is 0 Å². The first-order chi connectivity index (χ1) is 17.7. The SMILES string of the molecule is O=C(CC1CCNCC1Cc1cc(CSc2ccccc2)on1)N1CCN(Cc2ccccc2)CC1. The van der Waals surface area contributed by atoms with E-state index >= 15 is 0 Å². The standard InChI is InChI=1S/C29H36N4O2S/c34-29(33-15-13-32(14-16-33)21-23-7-3-1-4-8-23)18-24-11-12-30-20-25(24)17-26-19-27(35-31-26)22-36-28-9-5-2-6-10-28/h1-10,19,24-25,30H,11-18,20-22H2. The van der Waals surface area contributed by atoms with E-state index in [9.17, 15) is 4.79 Å². The molecule has 7 heteroatoms. The number of piperidine rings is 1. The Hall–Kier alpha value is -2.61. The molecule has 2 fully saturated rings. The van der Waals surface area contributed by atoms with Crippen LogP contribution in [0.4, 0.5) is 0 Å². The number of rotatable bonds is 9. The Labute approximate surface area is 218 Å². The van der Waals surface area contributed by atoms with Gasteiger partial charge in [0, 0.05) is 50.1 Å². The highest BCUT2D eigenvalue weighted by atomic mass is 32.2. The molecule has 2 aliphatic rings. The molecule has 2 aromatic carbocycles. The summed E-state index contributed by atoms with van der Waals surface area (Å²) in [7, 11) is 0. The van der Waals surface area contributed by atoms with Gasteiger partial charge in [0.1, 0.15) is 5.76 Å². The summed E-state index contributed by atoms with van der Waals surface area (Å²) in [6, 6.07) is 23.0. The molecule has 2 aliphatic heterocycles. The number of aromatic nitrogens is 1. The first-order valence-electron chi connectivity index (χ1n) is 13.1. The maximum atomic E-state index is 13.2. The van der Waals surface area contributed by atoms with Crippen molar-refractivity contribution in [1.82, 2.24) is 20.3 Å². The number of benzene rings is 2. The third-order valence-electron chi connectivity index (χ3n) is 7.38. The zero-order valence-corrected chi connectivity index (χ0v) is 21.7. The highest BCUT2D eigenvalue weighted by Crippen LogP contribution is 2.28. The van der Waals surface area contributed by atoms with E-state index in [1.54, 1.807) is 11.8 Å². The van der Waals surface area contributed by atoms with Crippen LogP contribution in [0.2, 0.25) is 0 Å². The van der Waals surface area contributed by atoms with Crippen LogP contribution in [0, 0.1) is 11.8 Å². The molecule has 5 rings (SSSR count). The topological polar surface area (TPSA) is 61.6 Å². The zero-order valence-electron chi connectivity index (χ0n) is 20.9. The quantitative estimate of drug-likeness (QED) is 0.434. The summed E-state index contributed by atoms with van der Waals surface area (Å²) >= 11 is 1.76. The molecule has 0 bridgehead atoms. The summed E-state index contributed by atoms with van der Waals surface area (Å²) < 4.78 is 5.62. The minimum Gasteiger partial charge on any atom is -0.360 e. The second kappa shape index (κ2) is 12.6. The van der Waals surface area contributed by atoms with Crippen molar-refractivity contribution in [3.8, 4) is 0 Å². The molecule has 0 radical (unpaired) electrons. The fourth-order valence-electron chi connectivity index (χ4n) is 5.30. The van der Waals surface area contributed by atoms with Crippen LogP contribution in [0.1, 0.15) is 29.9 Å². The number of nitrogens with zero attached hydrogens (tertiary/aromatic N) is 3. The van der Waals surface area contributed by atoms with Crippen LogP contribution in [-0.4, -0.2) is 60.1 Å². The van der Waals surface area contributed by atoms with Gasteiger partial charge >= 0.3 is 0 Å². The molecule has 0 saturated carbocycles. The number of amides is 1. The van der Waals surface area contributed by atoms with Crippen molar-refractivity contribution in [2.75, 3.05) is 39.3 Å². The smallest absolute Gasteiger partial charge is 0.222 e. The van der Waals surface area contributed by atoms with Crippen LogP contribution in [0.5, 0.6) is 0 Å². The van der Waals surface area contributed by atoms with E-state index in [1.807, 2.05) is 6.07 Å². The van der Waals surface area contributed by atoms with Gasteiger partial charge in [-0.15, -0.1) is 11.8 Å². The van der Waals surface area contributed by atoms with E-state index in [0.717, 1.165) is 75.9 Å². The number of nitrogens with one attached hydrogen (secondary N) is 1. The second-order valence-electron chi connectivity index (χ2n) is 9.95. The maximum absolute atomic E-state index is 13.2. The van der Waals surface area contributed by atoms with Crippen LogP contribution in [0.15, 0.2) is 76.1 Å². The fraction of sp³-hybridized carbons (Fsp3) is 0.448. The van der Waals surface area contributed by atoms with E-state index in [4.69, 9.17) is 4.52 Å². The Morgan fingerprint density at radius 2 is 1.75 bits per heavy atom. The van der Waals surface area contributed by atoms with Gasteiger partial charge in [0.05, 0.1) is 11.4 Å². The Bertz CT molecular complexity index is 1080. The van der Waals surface area contributed by atoms with E-state index < -0.39 is 0 Å². The number of hydrogen-bond acceptors (Lipinski definition) is 6. The van der Waals surface area contributed by atoms with Crippen LogP contribution in [0.25, 0.3) is 0 Å². The maximum Gasteiger partial charge on any atom is 0.222 e. The molecule has 36 heavy (non-hydrogen) atoms. The van der Waals surface area contributed by atoms with Crippen molar-refractivity contribution in [1.29, 1.82) is 0 Å². The highest BCUT2D eigenvalue weighted by molar-refractivity contribution is 7.98. The molecular formula is C29H36N4O2S. The lowest BCUT2D eigenvalue weighted by molar-refractivity contribution is -0.134.